The first-order chi connectivity index (χ1) is 10.5. The molecule has 0 spiro atoms. The van der Waals surface area contributed by atoms with E-state index >= 15 is 0 Å². The maximum Gasteiger partial charge on any atom is 0.354 e. The smallest absolute Gasteiger partial charge is 0.354 e. The summed E-state index contributed by atoms with van der Waals surface area (Å²) < 4.78 is 14.4. The normalized spacial score (nSPS) is 10.9. The number of benzene rings is 1. The molecule has 1 N–H and O–H groups in total. The SMILES string of the molecule is Cc1ccc(-c2cc3nc(C(=O)O)ccc3cc2F)c(C)n1. The van der Waals surface area contributed by atoms with Crippen LogP contribution in [0.1, 0.15) is 21.9 Å². The Morgan fingerprint density at radius 2 is 1.82 bits per heavy atom. The number of halogens is 1. The Bertz CT molecular complexity index is 907. The van der Waals surface area contributed by atoms with E-state index in [1.807, 2.05) is 26.0 Å². The summed E-state index contributed by atoms with van der Waals surface area (Å²) in [5.74, 6) is -1.49. The highest BCUT2D eigenvalue weighted by atomic mass is 19.1. The van der Waals surface area contributed by atoms with Crippen molar-refractivity contribution < 1.29 is 14.3 Å². The van der Waals surface area contributed by atoms with Crippen molar-refractivity contribution in [1.29, 1.82) is 0 Å². The molecular formula is C17H13FN2O2. The Kier molecular flexibility index (Phi) is 3.33. The average molecular weight is 296 g/mol. The number of aromatic carboxylic acids is 1. The van der Waals surface area contributed by atoms with Crippen molar-refractivity contribution in [2.45, 2.75) is 13.8 Å². The van der Waals surface area contributed by atoms with Gasteiger partial charge in [-0.15, -0.1) is 0 Å². The molecule has 0 radical (unpaired) electrons. The second kappa shape index (κ2) is 5.18. The molecule has 0 amide bonds. The van der Waals surface area contributed by atoms with Crippen LogP contribution in [-0.4, -0.2) is 21.0 Å². The van der Waals surface area contributed by atoms with Gasteiger partial charge in [0.25, 0.3) is 0 Å². The molecule has 4 nitrogen and oxygen atoms in total. The van der Waals surface area contributed by atoms with Gasteiger partial charge >= 0.3 is 5.97 Å². The van der Waals surface area contributed by atoms with Gasteiger partial charge in [-0.05, 0) is 38.1 Å². The molecule has 0 atom stereocenters. The molecular weight excluding hydrogens is 283 g/mol. The van der Waals surface area contributed by atoms with Crippen LogP contribution in [-0.2, 0) is 0 Å². The van der Waals surface area contributed by atoms with Gasteiger partial charge in [0.1, 0.15) is 11.5 Å². The predicted molar refractivity (Wildman–Crippen MR) is 81.4 cm³/mol. The monoisotopic (exact) mass is 296 g/mol. The molecule has 0 unspecified atom stereocenters. The van der Waals surface area contributed by atoms with Crippen molar-refractivity contribution >= 4 is 16.9 Å². The minimum atomic E-state index is -1.11. The molecule has 0 aliphatic carbocycles. The highest BCUT2D eigenvalue weighted by Gasteiger charge is 2.13. The first-order valence-corrected chi connectivity index (χ1v) is 6.74. The van der Waals surface area contributed by atoms with Crippen LogP contribution in [0.15, 0.2) is 36.4 Å². The average Bonchev–Trinajstić information content (AvgIpc) is 2.46. The molecule has 0 bridgehead atoms. The maximum absolute atomic E-state index is 14.4. The maximum atomic E-state index is 14.4. The number of carboxylic acids is 1. The van der Waals surface area contributed by atoms with E-state index in [1.54, 1.807) is 12.1 Å². The molecule has 3 rings (SSSR count). The van der Waals surface area contributed by atoms with Gasteiger partial charge in [0, 0.05) is 27.9 Å². The second-order valence-electron chi connectivity index (χ2n) is 5.11. The molecule has 2 heterocycles. The number of carboxylic acid groups (broad SMARTS) is 1. The molecule has 110 valence electrons. The fourth-order valence-corrected chi connectivity index (χ4v) is 2.44. The summed E-state index contributed by atoms with van der Waals surface area (Å²) in [5.41, 5.74) is 2.99. The molecule has 0 fully saturated rings. The summed E-state index contributed by atoms with van der Waals surface area (Å²) >= 11 is 0. The summed E-state index contributed by atoms with van der Waals surface area (Å²) in [5, 5.41) is 9.57. The lowest BCUT2D eigenvalue weighted by Gasteiger charge is -2.09. The highest BCUT2D eigenvalue weighted by Crippen LogP contribution is 2.29. The number of hydrogen-bond acceptors (Lipinski definition) is 3. The summed E-state index contributed by atoms with van der Waals surface area (Å²) in [6.45, 7) is 3.68. The summed E-state index contributed by atoms with van der Waals surface area (Å²) in [6, 6.07) is 9.47. The number of nitrogens with zero attached hydrogens (tertiary/aromatic N) is 2. The zero-order valence-corrected chi connectivity index (χ0v) is 12.1. The lowest BCUT2D eigenvalue weighted by atomic mass is 10.0. The van der Waals surface area contributed by atoms with Crippen molar-refractivity contribution in [2.24, 2.45) is 0 Å². The van der Waals surface area contributed by atoms with Gasteiger partial charge in [0.2, 0.25) is 0 Å². The third-order valence-electron chi connectivity index (χ3n) is 3.51. The zero-order valence-electron chi connectivity index (χ0n) is 12.1. The molecule has 0 saturated heterocycles. The quantitative estimate of drug-likeness (QED) is 0.782. The fraction of sp³-hybridized carbons (Fsp3) is 0.118. The van der Waals surface area contributed by atoms with E-state index in [4.69, 9.17) is 5.11 Å². The molecule has 2 aromatic heterocycles. The van der Waals surface area contributed by atoms with Crippen molar-refractivity contribution in [1.82, 2.24) is 9.97 Å². The summed E-state index contributed by atoms with van der Waals surface area (Å²) in [6.07, 6.45) is 0. The number of pyridine rings is 2. The van der Waals surface area contributed by atoms with E-state index in [1.165, 1.54) is 12.1 Å². The van der Waals surface area contributed by atoms with Crippen LogP contribution in [0, 0.1) is 19.7 Å². The Balaban J connectivity index is 2.25. The fourth-order valence-electron chi connectivity index (χ4n) is 2.44. The molecule has 22 heavy (non-hydrogen) atoms. The second-order valence-corrected chi connectivity index (χ2v) is 5.11. The first kappa shape index (κ1) is 14.1. The van der Waals surface area contributed by atoms with Gasteiger partial charge in [-0.3, -0.25) is 4.98 Å². The molecule has 0 aliphatic rings. The number of aryl methyl sites for hydroxylation is 2. The van der Waals surface area contributed by atoms with Crippen LogP contribution >= 0.6 is 0 Å². The van der Waals surface area contributed by atoms with Gasteiger partial charge in [-0.2, -0.15) is 0 Å². The van der Waals surface area contributed by atoms with Gasteiger partial charge in [-0.25, -0.2) is 14.2 Å². The van der Waals surface area contributed by atoms with Crippen molar-refractivity contribution in [2.75, 3.05) is 0 Å². The van der Waals surface area contributed by atoms with Gasteiger partial charge in [0.05, 0.1) is 5.52 Å². The number of aromatic nitrogens is 2. The minimum absolute atomic E-state index is 0.0659. The molecule has 3 aromatic rings. The number of carbonyl (C=O) groups is 1. The first-order valence-electron chi connectivity index (χ1n) is 6.74. The molecule has 0 aliphatic heterocycles. The van der Waals surface area contributed by atoms with E-state index < -0.39 is 5.97 Å². The van der Waals surface area contributed by atoms with Crippen LogP contribution < -0.4 is 0 Å². The van der Waals surface area contributed by atoms with Crippen molar-refractivity contribution in [3.63, 3.8) is 0 Å². The van der Waals surface area contributed by atoms with E-state index in [-0.39, 0.29) is 11.5 Å². The van der Waals surface area contributed by atoms with Crippen molar-refractivity contribution in [3.05, 3.63) is 59.3 Å². The Morgan fingerprint density at radius 1 is 1.05 bits per heavy atom. The minimum Gasteiger partial charge on any atom is -0.477 e. The van der Waals surface area contributed by atoms with E-state index in [2.05, 4.69) is 9.97 Å². The standard InChI is InChI=1S/C17H13FN2O2/c1-9-3-5-12(10(2)19-9)13-8-16-11(7-14(13)18)4-6-15(20-16)17(21)22/h3-8H,1-2H3,(H,21,22). The Labute approximate surface area is 126 Å². The van der Waals surface area contributed by atoms with Gasteiger partial charge < -0.3 is 5.11 Å². The van der Waals surface area contributed by atoms with Gasteiger partial charge in [0.15, 0.2) is 0 Å². The van der Waals surface area contributed by atoms with Crippen molar-refractivity contribution in [3.8, 4) is 11.1 Å². The Hall–Kier alpha value is -2.82. The highest BCUT2D eigenvalue weighted by molar-refractivity contribution is 5.91. The number of fused-ring (bicyclic) bond motifs is 1. The third kappa shape index (κ3) is 2.41. The molecule has 0 saturated carbocycles. The molecule has 5 heteroatoms. The molecule has 1 aromatic carbocycles. The predicted octanol–water partition coefficient (Wildman–Crippen LogP) is 3.75. The summed E-state index contributed by atoms with van der Waals surface area (Å²) in [4.78, 5) is 19.4. The van der Waals surface area contributed by atoms with Crippen LogP contribution in [0.4, 0.5) is 4.39 Å². The topological polar surface area (TPSA) is 63.1 Å². The van der Waals surface area contributed by atoms with Gasteiger partial charge in [-0.1, -0.05) is 12.1 Å². The number of rotatable bonds is 2. The van der Waals surface area contributed by atoms with Crippen LogP contribution in [0.25, 0.3) is 22.0 Å². The van der Waals surface area contributed by atoms with Crippen LogP contribution in [0.2, 0.25) is 0 Å². The largest absolute Gasteiger partial charge is 0.477 e. The van der Waals surface area contributed by atoms with E-state index in [0.717, 1.165) is 5.69 Å². The van der Waals surface area contributed by atoms with Crippen LogP contribution in [0.5, 0.6) is 0 Å². The van der Waals surface area contributed by atoms with Crippen LogP contribution in [0.3, 0.4) is 0 Å². The lowest BCUT2D eigenvalue weighted by Crippen LogP contribution is -2.00. The Morgan fingerprint density at radius 3 is 2.50 bits per heavy atom. The number of hydrogen-bond donors (Lipinski definition) is 1. The van der Waals surface area contributed by atoms with E-state index in [9.17, 15) is 9.18 Å². The lowest BCUT2D eigenvalue weighted by molar-refractivity contribution is 0.0691. The van der Waals surface area contributed by atoms with E-state index in [0.29, 0.717) is 27.7 Å². The summed E-state index contributed by atoms with van der Waals surface area (Å²) in [7, 11) is 0. The third-order valence-corrected chi connectivity index (χ3v) is 3.51. The zero-order chi connectivity index (χ0) is 15.9.